The second-order valence-corrected chi connectivity index (χ2v) is 7.58. The summed E-state index contributed by atoms with van der Waals surface area (Å²) in [6, 6.07) is 12.8. The summed E-state index contributed by atoms with van der Waals surface area (Å²) >= 11 is 0. The van der Waals surface area contributed by atoms with Crippen LogP contribution in [0.3, 0.4) is 0 Å². The highest BCUT2D eigenvalue weighted by Crippen LogP contribution is 2.32. The van der Waals surface area contributed by atoms with Crippen molar-refractivity contribution >= 4 is 22.5 Å². The van der Waals surface area contributed by atoms with Gasteiger partial charge in [-0.1, -0.05) is 26.0 Å². The Labute approximate surface area is 160 Å². The van der Waals surface area contributed by atoms with E-state index in [0.717, 1.165) is 54.8 Å². The van der Waals surface area contributed by atoms with Gasteiger partial charge >= 0.3 is 0 Å². The van der Waals surface area contributed by atoms with E-state index in [1.807, 2.05) is 18.2 Å². The number of benzene rings is 1. The second kappa shape index (κ2) is 7.21. The third kappa shape index (κ3) is 3.04. The molecule has 0 radical (unpaired) electrons. The maximum absolute atomic E-state index is 9.77. The molecule has 5 heteroatoms. The lowest BCUT2D eigenvalue weighted by Crippen LogP contribution is -2.28. The first kappa shape index (κ1) is 17.8. The van der Waals surface area contributed by atoms with Gasteiger partial charge in [0.25, 0.3) is 0 Å². The van der Waals surface area contributed by atoms with Gasteiger partial charge in [0.15, 0.2) is 5.65 Å². The van der Waals surface area contributed by atoms with Crippen molar-refractivity contribution in [2.45, 2.75) is 26.7 Å². The normalized spacial score (nSPS) is 17.3. The summed E-state index contributed by atoms with van der Waals surface area (Å²) in [7, 11) is 2.20. The second-order valence-electron chi connectivity index (χ2n) is 7.58. The number of nitriles is 1. The maximum Gasteiger partial charge on any atom is 0.157 e. The Kier molecular flexibility index (Phi) is 4.75. The van der Waals surface area contributed by atoms with E-state index in [2.05, 4.69) is 53.3 Å². The van der Waals surface area contributed by atoms with Crippen LogP contribution in [0.15, 0.2) is 30.3 Å². The summed E-state index contributed by atoms with van der Waals surface area (Å²) in [5, 5.41) is 9.77. The molecule has 4 rings (SSSR count). The highest BCUT2D eigenvalue weighted by atomic mass is 15.3. The fourth-order valence-corrected chi connectivity index (χ4v) is 4.25. The molecular weight excluding hydrogens is 334 g/mol. The molecule has 5 nitrogen and oxygen atoms in total. The van der Waals surface area contributed by atoms with E-state index < -0.39 is 0 Å². The molecule has 0 unspecified atom stereocenters. The Bertz CT molecular complexity index is 1010. The van der Waals surface area contributed by atoms with Crippen molar-refractivity contribution in [1.82, 2.24) is 14.3 Å². The molecule has 1 atom stereocenters. The van der Waals surface area contributed by atoms with E-state index in [-0.39, 0.29) is 0 Å². The average molecular weight is 361 g/mol. The van der Waals surface area contributed by atoms with Crippen molar-refractivity contribution < 1.29 is 0 Å². The quantitative estimate of drug-likeness (QED) is 0.695. The van der Waals surface area contributed by atoms with Gasteiger partial charge in [-0.2, -0.15) is 5.26 Å². The summed E-state index contributed by atoms with van der Waals surface area (Å²) in [6.07, 6.45) is 2.05. The third-order valence-corrected chi connectivity index (χ3v) is 5.85. The summed E-state index contributed by atoms with van der Waals surface area (Å²) in [4.78, 5) is 9.69. The molecule has 0 N–H and O–H groups in total. The van der Waals surface area contributed by atoms with Gasteiger partial charge < -0.3 is 9.80 Å². The first-order valence-electron chi connectivity index (χ1n) is 9.92. The van der Waals surface area contributed by atoms with Crippen molar-refractivity contribution in [3.05, 3.63) is 41.5 Å². The van der Waals surface area contributed by atoms with E-state index >= 15 is 0 Å². The van der Waals surface area contributed by atoms with Crippen molar-refractivity contribution in [2.75, 3.05) is 38.1 Å². The number of fused-ring (bicyclic) bond motifs is 3. The topological polar surface area (TPSA) is 47.6 Å². The number of imidazole rings is 1. The zero-order valence-electron chi connectivity index (χ0n) is 16.4. The third-order valence-electron chi connectivity index (χ3n) is 5.85. The van der Waals surface area contributed by atoms with Gasteiger partial charge in [0.2, 0.25) is 0 Å². The summed E-state index contributed by atoms with van der Waals surface area (Å²) in [6.45, 7) is 8.66. The SMILES string of the molecule is CCc1cc(N2CC[C@H](CN(C)CC)C2)n2c(nc3ccccc32)c1C#N. The number of rotatable bonds is 5. The molecule has 3 aromatic rings. The van der Waals surface area contributed by atoms with Crippen LogP contribution in [0.1, 0.15) is 31.4 Å². The molecule has 0 amide bonds. The molecule has 0 spiro atoms. The van der Waals surface area contributed by atoms with E-state index in [4.69, 9.17) is 4.98 Å². The molecule has 1 fully saturated rings. The number of nitrogens with zero attached hydrogens (tertiary/aromatic N) is 5. The monoisotopic (exact) mass is 361 g/mol. The number of pyridine rings is 1. The van der Waals surface area contributed by atoms with Crippen LogP contribution in [0.5, 0.6) is 0 Å². The van der Waals surface area contributed by atoms with Gasteiger partial charge in [-0.25, -0.2) is 4.98 Å². The fourth-order valence-electron chi connectivity index (χ4n) is 4.25. The lowest BCUT2D eigenvalue weighted by atomic mass is 10.1. The number of aromatic nitrogens is 2. The summed E-state index contributed by atoms with van der Waals surface area (Å²) in [5.74, 6) is 1.86. The molecule has 27 heavy (non-hydrogen) atoms. The largest absolute Gasteiger partial charge is 0.357 e. The number of hydrogen-bond donors (Lipinski definition) is 0. The van der Waals surface area contributed by atoms with Gasteiger partial charge in [-0.3, -0.25) is 4.40 Å². The van der Waals surface area contributed by atoms with Crippen LogP contribution < -0.4 is 4.90 Å². The molecule has 1 saturated heterocycles. The number of anilines is 1. The van der Waals surface area contributed by atoms with Gasteiger partial charge in [0.05, 0.1) is 16.6 Å². The first-order chi connectivity index (χ1) is 13.2. The van der Waals surface area contributed by atoms with Gasteiger partial charge in [0, 0.05) is 19.6 Å². The Morgan fingerprint density at radius 3 is 2.85 bits per heavy atom. The zero-order valence-corrected chi connectivity index (χ0v) is 16.4. The van der Waals surface area contributed by atoms with Crippen LogP contribution in [0.25, 0.3) is 16.7 Å². The van der Waals surface area contributed by atoms with Crippen molar-refractivity contribution in [3.63, 3.8) is 0 Å². The number of aryl methyl sites for hydroxylation is 1. The fraction of sp³-hybridized carbons (Fsp3) is 0.455. The van der Waals surface area contributed by atoms with Gasteiger partial charge in [-0.05, 0) is 56.1 Å². The Morgan fingerprint density at radius 2 is 2.11 bits per heavy atom. The molecule has 2 aromatic heterocycles. The Morgan fingerprint density at radius 1 is 1.30 bits per heavy atom. The van der Waals surface area contributed by atoms with Crippen LogP contribution in [0.2, 0.25) is 0 Å². The van der Waals surface area contributed by atoms with Crippen LogP contribution in [0.4, 0.5) is 5.82 Å². The van der Waals surface area contributed by atoms with E-state index in [1.165, 1.54) is 12.2 Å². The van der Waals surface area contributed by atoms with Crippen LogP contribution in [0, 0.1) is 17.2 Å². The van der Waals surface area contributed by atoms with Crippen molar-refractivity contribution in [3.8, 4) is 6.07 Å². The van der Waals surface area contributed by atoms with Crippen molar-refractivity contribution in [2.24, 2.45) is 5.92 Å². The molecule has 0 saturated carbocycles. The summed E-state index contributed by atoms with van der Waals surface area (Å²) < 4.78 is 2.19. The van der Waals surface area contributed by atoms with E-state index in [0.29, 0.717) is 11.5 Å². The van der Waals surface area contributed by atoms with E-state index in [9.17, 15) is 5.26 Å². The summed E-state index contributed by atoms with van der Waals surface area (Å²) in [5.41, 5.74) is 4.62. The molecule has 1 aromatic carbocycles. The molecule has 0 aliphatic carbocycles. The average Bonchev–Trinajstić information content (AvgIpc) is 3.31. The predicted octanol–water partition coefficient (Wildman–Crippen LogP) is 3.70. The van der Waals surface area contributed by atoms with Crippen molar-refractivity contribution in [1.29, 1.82) is 5.26 Å². The van der Waals surface area contributed by atoms with E-state index in [1.54, 1.807) is 0 Å². The molecule has 0 bridgehead atoms. The lowest BCUT2D eigenvalue weighted by molar-refractivity contribution is 0.300. The van der Waals surface area contributed by atoms with Crippen LogP contribution in [-0.4, -0.2) is 47.5 Å². The Balaban J connectivity index is 1.84. The lowest BCUT2D eigenvalue weighted by Gasteiger charge is -2.23. The van der Waals surface area contributed by atoms with Crippen LogP contribution >= 0.6 is 0 Å². The highest BCUT2D eigenvalue weighted by Gasteiger charge is 2.27. The maximum atomic E-state index is 9.77. The smallest absolute Gasteiger partial charge is 0.157 e. The molecule has 3 heterocycles. The number of para-hydroxylation sites is 2. The standard InChI is InChI=1S/C22H27N5/c1-4-17-12-21(26-11-10-16(15-26)14-25(3)5-2)27-20-9-7-6-8-19(20)24-22(27)18(17)13-23/h6-9,12,16H,4-5,10-11,14-15H2,1-3H3/t16-/m1/s1. The molecular formula is C22H27N5. The highest BCUT2D eigenvalue weighted by molar-refractivity contribution is 5.85. The first-order valence-corrected chi connectivity index (χ1v) is 9.92. The van der Waals surface area contributed by atoms with Crippen LogP contribution in [-0.2, 0) is 6.42 Å². The molecule has 140 valence electrons. The van der Waals surface area contributed by atoms with Gasteiger partial charge in [-0.15, -0.1) is 0 Å². The Hall–Kier alpha value is -2.58. The minimum Gasteiger partial charge on any atom is -0.357 e. The number of hydrogen-bond acceptors (Lipinski definition) is 4. The molecule has 1 aliphatic rings. The molecule has 1 aliphatic heterocycles. The predicted molar refractivity (Wildman–Crippen MR) is 110 cm³/mol. The minimum absolute atomic E-state index is 0.681. The zero-order chi connectivity index (χ0) is 19.0. The van der Waals surface area contributed by atoms with Gasteiger partial charge in [0.1, 0.15) is 11.9 Å². The minimum atomic E-state index is 0.681.